The molecule has 244 valence electrons. The van der Waals surface area contributed by atoms with Crippen molar-refractivity contribution in [2.24, 2.45) is 0 Å². The van der Waals surface area contributed by atoms with Gasteiger partial charge in [0.05, 0.1) is 21.3 Å². The van der Waals surface area contributed by atoms with Crippen LogP contribution in [0, 0.1) is 0 Å². The van der Waals surface area contributed by atoms with Crippen LogP contribution in [-0.2, 0) is 0 Å². The van der Waals surface area contributed by atoms with Crippen molar-refractivity contribution < 1.29 is 0 Å². The molecule has 0 saturated heterocycles. The maximum Gasteiger partial charge on any atom is 0.164 e. The molecule has 0 bridgehead atoms. The average molecular weight is 684 g/mol. The number of rotatable bonds is 6. The number of aromatic nitrogens is 5. The maximum atomic E-state index is 5.02. The maximum absolute atomic E-state index is 5.02. The highest BCUT2D eigenvalue weighted by atomic mass is 32.1. The van der Waals surface area contributed by atoms with E-state index in [-0.39, 0.29) is 0 Å². The topological polar surface area (TPSA) is 56.5 Å². The minimum atomic E-state index is 0.628. The van der Waals surface area contributed by atoms with Gasteiger partial charge in [-0.15, -0.1) is 11.3 Å². The van der Waals surface area contributed by atoms with Gasteiger partial charge in [0.25, 0.3) is 0 Å². The third-order valence-electron chi connectivity index (χ3n) is 9.52. The van der Waals surface area contributed by atoms with Crippen LogP contribution < -0.4 is 0 Å². The van der Waals surface area contributed by atoms with Crippen molar-refractivity contribution in [2.45, 2.75) is 0 Å². The van der Waals surface area contributed by atoms with Crippen LogP contribution >= 0.6 is 11.3 Å². The Morgan fingerprint density at radius 2 is 0.865 bits per heavy atom. The largest absolute Gasteiger partial charge is 0.309 e. The molecule has 0 radical (unpaired) electrons. The van der Waals surface area contributed by atoms with Crippen molar-refractivity contribution in [3.8, 4) is 61.5 Å². The van der Waals surface area contributed by atoms with Crippen molar-refractivity contribution in [1.29, 1.82) is 0 Å². The van der Waals surface area contributed by atoms with Crippen LogP contribution in [0.5, 0.6) is 0 Å². The highest BCUT2D eigenvalue weighted by Crippen LogP contribution is 2.37. The molecule has 5 nitrogen and oxygen atoms in total. The summed E-state index contributed by atoms with van der Waals surface area (Å²) in [6.07, 6.45) is 0. The SMILES string of the molecule is c1ccc(-c2ccc(-c3nc(-c4ccccc4)nc(-c4ccc(-n5c6ccccc6c6ccc(-c7nc8ccccc8s7)cc65)cc4)n3)cc2)cc1. The van der Waals surface area contributed by atoms with Crippen LogP contribution in [0.25, 0.3) is 93.6 Å². The van der Waals surface area contributed by atoms with E-state index in [0.29, 0.717) is 17.5 Å². The zero-order valence-corrected chi connectivity index (χ0v) is 28.7. The molecular weight excluding hydrogens is 655 g/mol. The predicted molar refractivity (Wildman–Crippen MR) is 215 cm³/mol. The van der Waals surface area contributed by atoms with Crippen LogP contribution in [0.2, 0.25) is 0 Å². The molecule has 52 heavy (non-hydrogen) atoms. The molecule has 6 heteroatoms. The highest BCUT2D eigenvalue weighted by molar-refractivity contribution is 7.21. The summed E-state index contributed by atoms with van der Waals surface area (Å²) >= 11 is 1.73. The number of hydrogen-bond acceptors (Lipinski definition) is 5. The van der Waals surface area contributed by atoms with Crippen molar-refractivity contribution in [2.75, 3.05) is 0 Å². The van der Waals surface area contributed by atoms with E-state index in [2.05, 4.69) is 138 Å². The lowest BCUT2D eigenvalue weighted by molar-refractivity contribution is 1.07. The molecule has 3 aromatic heterocycles. The third-order valence-corrected chi connectivity index (χ3v) is 10.6. The molecule has 0 atom stereocenters. The van der Waals surface area contributed by atoms with Crippen LogP contribution in [-0.4, -0.2) is 24.5 Å². The van der Waals surface area contributed by atoms with E-state index in [1.807, 2.05) is 42.5 Å². The van der Waals surface area contributed by atoms with Crippen LogP contribution in [0.15, 0.2) is 176 Å². The Morgan fingerprint density at radius 3 is 1.56 bits per heavy atom. The number of para-hydroxylation sites is 2. The smallest absolute Gasteiger partial charge is 0.164 e. The van der Waals surface area contributed by atoms with Gasteiger partial charge in [-0.05, 0) is 59.7 Å². The molecule has 0 aliphatic heterocycles. The molecule has 10 aromatic rings. The van der Waals surface area contributed by atoms with Gasteiger partial charge in [-0.25, -0.2) is 19.9 Å². The fourth-order valence-corrected chi connectivity index (χ4v) is 7.89. The number of thiazole rings is 1. The molecule has 7 aromatic carbocycles. The standard InChI is InChI=1S/C46H29N5S/c1-3-11-30(12-4-1)31-19-21-33(22-20-31)44-48-43(32-13-5-2-6-14-32)49-45(50-44)34-23-26-36(27-24-34)51-40-17-9-7-15-37(40)38-28-25-35(29-41(38)51)46-47-39-16-8-10-18-42(39)52-46/h1-29H. The van der Waals surface area contributed by atoms with Crippen molar-refractivity contribution in [3.63, 3.8) is 0 Å². The summed E-state index contributed by atoms with van der Waals surface area (Å²) < 4.78 is 3.53. The second-order valence-electron chi connectivity index (χ2n) is 12.7. The van der Waals surface area contributed by atoms with E-state index in [1.54, 1.807) is 11.3 Å². The molecule has 10 rings (SSSR count). The van der Waals surface area contributed by atoms with E-state index in [0.717, 1.165) is 55.1 Å². The van der Waals surface area contributed by atoms with Gasteiger partial charge in [-0.1, -0.05) is 127 Å². The van der Waals surface area contributed by atoms with Gasteiger partial charge in [0.15, 0.2) is 17.5 Å². The Hall–Kier alpha value is -6.76. The molecular formula is C46H29N5S. The fraction of sp³-hybridized carbons (Fsp3) is 0. The second kappa shape index (κ2) is 12.5. The minimum absolute atomic E-state index is 0.628. The van der Waals surface area contributed by atoms with Gasteiger partial charge < -0.3 is 4.57 Å². The fourth-order valence-electron chi connectivity index (χ4n) is 6.93. The van der Waals surface area contributed by atoms with Crippen molar-refractivity contribution in [3.05, 3.63) is 176 Å². The highest BCUT2D eigenvalue weighted by Gasteiger charge is 2.17. The van der Waals surface area contributed by atoms with Gasteiger partial charge in [0.2, 0.25) is 0 Å². The van der Waals surface area contributed by atoms with Crippen molar-refractivity contribution >= 4 is 43.4 Å². The summed E-state index contributed by atoms with van der Waals surface area (Å²) in [5.41, 5.74) is 10.6. The summed E-state index contributed by atoms with van der Waals surface area (Å²) in [6.45, 7) is 0. The molecule has 0 amide bonds. The number of nitrogens with zero attached hydrogens (tertiary/aromatic N) is 5. The quantitative estimate of drug-likeness (QED) is 0.175. The summed E-state index contributed by atoms with van der Waals surface area (Å²) in [5, 5.41) is 3.44. The Labute approximate surface area is 304 Å². The molecule has 3 heterocycles. The molecule has 0 fully saturated rings. The van der Waals surface area contributed by atoms with E-state index in [1.165, 1.54) is 21.0 Å². The van der Waals surface area contributed by atoms with Gasteiger partial charge in [-0.3, -0.25) is 0 Å². The van der Waals surface area contributed by atoms with E-state index < -0.39 is 0 Å². The number of hydrogen-bond donors (Lipinski definition) is 0. The Morgan fingerprint density at radius 1 is 0.365 bits per heavy atom. The lowest BCUT2D eigenvalue weighted by Gasteiger charge is -2.11. The van der Waals surface area contributed by atoms with Gasteiger partial charge in [-0.2, -0.15) is 0 Å². The lowest BCUT2D eigenvalue weighted by atomic mass is 10.0. The first kappa shape index (κ1) is 30.1. The minimum Gasteiger partial charge on any atom is -0.309 e. The average Bonchev–Trinajstić information content (AvgIpc) is 3.81. The van der Waals surface area contributed by atoms with E-state index in [9.17, 15) is 0 Å². The molecule has 0 aliphatic rings. The molecule has 0 unspecified atom stereocenters. The third kappa shape index (κ3) is 5.34. The number of benzene rings is 7. The predicted octanol–water partition coefficient (Wildman–Crippen LogP) is 11.9. The zero-order chi connectivity index (χ0) is 34.4. The molecule has 0 aliphatic carbocycles. The van der Waals surface area contributed by atoms with Crippen LogP contribution in [0.3, 0.4) is 0 Å². The summed E-state index contributed by atoms with van der Waals surface area (Å²) in [7, 11) is 0. The summed E-state index contributed by atoms with van der Waals surface area (Å²) in [4.78, 5) is 19.9. The summed E-state index contributed by atoms with van der Waals surface area (Å²) in [6, 6.07) is 61.1. The van der Waals surface area contributed by atoms with Gasteiger partial charge >= 0.3 is 0 Å². The lowest BCUT2D eigenvalue weighted by Crippen LogP contribution is -2.00. The normalized spacial score (nSPS) is 11.5. The van der Waals surface area contributed by atoms with E-state index in [4.69, 9.17) is 19.9 Å². The monoisotopic (exact) mass is 683 g/mol. The first-order chi connectivity index (χ1) is 25.7. The van der Waals surface area contributed by atoms with Gasteiger partial charge in [0, 0.05) is 38.7 Å². The zero-order valence-electron chi connectivity index (χ0n) is 27.9. The Bertz CT molecular complexity index is 2840. The Balaban J connectivity index is 1.07. The van der Waals surface area contributed by atoms with Crippen molar-refractivity contribution in [1.82, 2.24) is 24.5 Å². The van der Waals surface area contributed by atoms with E-state index >= 15 is 0 Å². The molecule has 0 spiro atoms. The molecule has 0 saturated carbocycles. The summed E-state index contributed by atoms with van der Waals surface area (Å²) in [5.74, 6) is 1.90. The van der Waals surface area contributed by atoms with Crippen LogP contribution in [0.4, 0.5) is 0 Å². The Kier molecular flexibility index (Phi) is 7.25. The second-order valence-corrected chi connectivity index (χ2v) is 13.8. The molecule has 0 N–H and O–H groups in total. The number of fused-ring (bicyclic) bond motifs is 4. The first-order valence-corrected chi connectivity index (χ1v) is 18.0. The first-order valence-electron chi connectivity index (χ1n) is 17.2. The van der Waals surface area contributed by atoms with Gasteiger partial charge in [0.1, 0.15) is 5.01 Å². The van der Waals surface area contributed by atoms with Crippen LogP contribution in [0.1, 0.15) is 0 Å².